The second-order valence-corrected chi connectivity index (χ2v) is 8.86. The molecular formula is C15H20ClNO4S. The lowest BCUT2D eigenvalue weighted by Gasteiger charge is -2.35. The van der Waals surface area contributed by atoms with E-state index >= 15 is 0 Å². The van der Waals surface area contributed by atoms with Gasteiger partial charge in [-0.3, -0.25) is 4.79 Å². The summed E-state index contributed by atoms with van der Waals surface area (Å²) in [6.07, 6.45) is 0.859. The van der Waals surface area contributed by atoms with Crippen molar-refractivity contribution in [2.75, 3.05) is 0 Å². The van der Waals surface area contributed by atoms with Crippen molar-refractivity contribution in [3.05, 3.63) is 34.9 Å². The number of sulfonamides is 1. The average molecular weight is 346 g/mol. The van der Waals surface area contributed by atoms with Gasteiger partial charge in [-0.25, -0.2) is 13.1 Å². The summed E-state index contributed by atoms with van der Waals surface area (Å²) in [7, 11) is -3.52. The first-order chi connectivity index (χ1) is 10.1. The van der Waals surface area contributed by atoms with Crippen LogP contribution in [0.3, 0.4) is 0 Å². The van der Waals surface area contributed by atoms with Gasteiger partial charge in [-0.2, -0.15) is 0 Å². The standard InChI is InChI=1S/C15H20ClNO4S/c1-15(2,9-10-4-3-5-12(16)6-10)17-22(20,21)13-7-11(8-13)14(18)19/h3-6,11,13,17H,7-9H2,1-2H3,(H,18,19). The minimum atomic E-state index is -3.52. The van der Waals surface area contributed by atoms with E-state index in [1.165, 1.54) is 0 Å². The Morgan fingerprint density at radius 1 is 1.41 bits per heavy atom. The largest absolute Gasteiger partial charge is 0.481 e. The van der Waals surface area contributed by atoms with E-state index in [0.29, 0.717) is 11.4 Å². The Kier molecular flexibility index (Phi) is 4.84. The molecule has 1 aliphatic carbocycles. The van der Waals surface area contributed by atoms with E-state index in [9.17, 15) is 13.2 Å². The summed E-state index contributed by atoms with van der Waals surface area (Å²) in [5.74, 6) is -1.47. The third-order valence-electron chi connectivity index (χ3n) is 3.84. The second-order valence-electron chi connectivity index (χ2n) is 6.47. The van der Waals surface area contributed by atoms with Crippen molar-refractivity contribution in [3.63, 3.8) is 0 Å². The third-order valence-corrected chi connectivity index (χ3v) is 6.17. The molecule has 2 N–H and O–H groups in total. The minimum Gasteiger partial charge on any atom is -0.481 e. The molecule has 0 bridgehead atoms. The third kappa shape index (κ3) is 4.21. The van der Waals surface area contributed by atoms with Crippen molar-refractivity contribution in [1.82, 2.24) is 4.72 Å². The van der Waals surface area contributed by atoms with Crippen LogP contribution in [-0.2, 0) is 21.2 Å². The van der Waals surface area contributed by atoms with Crippen molar-refractivity contribution in [2.24, 2.45) is 5.92 Å². The molecule has 122 valence electrons. The number of carboxylic acids is 1. The first-order valence-electron chi connectivity index (χ1n) is 7.09. The van der Waals surface area contributed by atoms with Crippen molar-refractivity contribution in [2.45, 2.75) is 43.9 Å². The van der Waals surface area contributed by atoms with Crippen molar-refractivity contribution < 1.29 is 18.3 Å². The summed E-state index contributed by atoms with van der Waals surface area (Å²) in [5.41, 5.74) is 0.273. The first-order valence-corrected chi connectivity index (χ1v) is 9.01. The number of hydrogen-bond acceptors (Lipinski definition) is 3. The Hall–Kier alpha value is -1.11. The Morgan fingerprint density at radius 2 is 2.05 bits per heavy atom. The molecule has 1 fully saturated rings. The second kappa shape index (κ2) is 6.18. The van der Waals surface area contributed by atoms with E-state index in [0.717, 1.165) is 5.56 Å². The van der Waals surface area contributed by atoms with Crippen LogP contribution >= 0.6 is 11.6 Å². The molecule has 7 heteroatoms. The number of rotatable bonds is 6. The Bertz CT molecular complexity index is 666. The maximum atomic E-state index is 12.3. The van der Waals surface area contributed by atoms with Gasteiger partial charge >= 0.3 is 5.97 Å². The van der Waals surface area contributed by atoms with Crippen molar-refractivity contribution >= 4 is 27.6 Å². The molecular weight excluding hydrogens is 326 g/mol. The van der Waals surface area contributed by atoms with Gasteiger partial charge in [-0.15, -0.1) is 0 Å². The molecule has 1 saturated carbocycles. The zero-order valence-corrected chi connectivity index (χ0v) is 14.1. The molecule has 0 unspecified atom stereocenters. The molecule has 2 rings (SSSR count). The van der Waals surface area contributed by atoms with Gasteiger partial charge < -0.3 is 5.11 Å². The van der Waals surface area contributed by atoms with E-state index in [2.05, 4.69) is 4.72 Å². The van der Waals surface area contributed by atoms with Gasteiger partial charge in [0.2, 0.25) is 10.0 Å². The summed E-state index contributed by atoms with van der Waals surface area (Å²) in [6.45, 7) is 3.61. The van der Waals surface area contributed by atoms with Crippen LogP contribution in [0.1, 0.15) is 32.3 Å². The smallest absolute Gasteiger partial charge is 0.306 e. The maximum absolute atomic E-state index is 12.3. The predicted molar refractivity (Wildman–Crippen MR) is 85.4 cm³/mol. The molecule has 0 heterocycles. The molecule has 0 spiro atoms. The molecule has 0 aliphatic heterocycles. The van der Waals surface area contributed by atoms with Crippen LogP contribution in [0.4, 0.5) is 0 Å². The van der Waals surface area contributed by atoms with E-state index in [4.69, 9.17) is 16.7 Å². The van der Waals surface area contributed by atoms with Gasteiger partial charge in [0.25, 0.3) is 0 Å². The SMILES string of the molecule is CC(C)(Cc1cccc(Cl)c1)NS(=O)(=O)C1CC(C(=O)O)C1. The summed E-state index contributed by atoms with van der Waals surface area (Å²) in [4.78, 5) is 10.8. The molecule has 0 atom stereocenters. The molecule has 1 aromatic rings. The number of benzene rings is 1. The van der Waals surface area contributed by atoms with Crippen molar-refractivity contribution in [1.29, 1.82) is 0 Å². The quantitative estimate of drug-likeness (QED) is 0.829. The number of carboxylic acid groups (broad SMARTS) is 1. The van der Waals surface area contributed by atoms with E-state index < -0.39 is 32.7 Å². The minimum absolute atomic E-state index is 0.178. The highest BCUT2D eigenvalue weighted by atomic mass is 35.5. The van der Waals surface area contributed by atoms with Crippen LogP contribution in [0, 0.1) is 5.92 Å². The fourth-order valence-electron chi connectivity index (χ4n) is 2.68. The first kappa shape index (κ1) is 17.2. The molecule has 0 amide bonds. The van der Waals surface area contributed by atoms with Gasteiger partial charge in [0.05, 0.1) is 11.2 Å². The van der Waals surface area contributed by atoms with Crippen LogP contribution in [0.2, 0.25) is 5.02 Å². The van der Waals surface area contributed by atoms with E-state index in [-0.39, 0.29) is 12.8 Å². The predicted octanol–water partition coefficient (Wildman–Crippen LogP) is 2.44. The molecule has 0 radical (unpaired) electrons. The van der Waals surface area contributed by atoms with E-state index in [1.54, 1.807) is 26.0 Å². The van der Waals surface area contributed by atoms with Crippen molar-refractivity contribution in [3.8, 4) is 0 Å². The summed E-state index contributed by atoms with van der Waals surface area (Å²) < 4.78 is 27.3. The monoisotopic (exact) mass is 345 g/mol. The van der Waals surface area contributed by atoms with Crippen LogP contribution in [0.15, 0.2) is 24.3 Å². The normalized spacial score (nSPS) is 22.1. The average Bonchev–Trinajstić information content (AvgIpc) is 2.22. The Labute approximate surface area is 135 Å². The Balaban J connectivity index is 2.00. The van der Waals surface area contributed by atoms with Crippen LogP contribution < -0.4 is 4.72 Å². The molecule has 5 nitrogen and oxygen atoms in total. The number of nitrogens with one attached hydrogen (secondary N) is 1. The van der Waals surface area contributed by atoms with Crippen LogP contribution in [0.25, 0.3) is 0 Å². The molecule has 1 aromatic carbocycles. The van der Waals surface area contributed by atoms with Gasteiger partial charge in [0.15, 0.2) is 0 Å². The summed E-state index contributed by atoms with van der Waals surface area (Å²) >= 11 is 5.94. The Morgan fingerprint density at radius 3 is 2.59 bits per heavy atom. The van der Waals surface area contributed by atoms with Gasteiger partial charge in [0.1, 0.15) is 0 Å². The molecule has 1 aliphatic rings. The highest BCUT2D eigenvalue weighted by Crippen LogP contribution is 2.33. The number of hydrogen-bond donors (Lipinski definition) is 2. The molecule has 0 saturated heterocycles. The van der Waals surface area contributed by atoms with E-state index in [1.807, 2.05) is 12.1 Å². The number of aliphatic carboxylic acids is 1. The lowest BCUT2D eigenvalue weighted by Crippen LogP contribution is -2.52. The summed E-state index contributed by atoms with van der Waals surface area (Å²) in [6, 6.07) is 7.29. The van der Waals surface area contributed by atoms with Gasteiger partial charge in [-0.05, 0) is 50.8 Å². The number of halogens is 1. The molecule has 0 aromatic heterocycles. The van der Waals surface area contributed by atoms with Gasteiger partial charge in [0, 0.05) is 10.6 Å². The maximum Gasteiger partial charge on any atom is 0.306 e. The zero-order valence-electron chi connectivity index (χ0n) is 12.5. The summed E-state index contributed by atoms with van der Waals surface area (Å²) in [5, 5.41) is 8.83. The lowest BCUT2D eigenvalue weighted by molar-refractivity contribution is -0.144. The van der Waals surface area contributed by atoms with Crippen LogP contribution in [-0.4, -0.2) is 30.3 Å². The molecule has 22 heavy (non-hydrogen) atoms. The fraction of sp³-hybridized carbons (Fsp3) is 0.533. The van der Waals surface area contributed by atoms with Gasteiger partial charge in [-0.1, -0.05) is 23.7 Å². The highest BCUT2D eigenvalue weighted by molar-refractivity contribution is 7.90. The zero-order chi connectivity index (χ0) is 16.5. The topological polar surface area (TPSA) is 83.5 Å². The fourth-order valence-corrected chi connectivity index (χ4v) is 4.88. The number of carbonyl (C=O) groups is 1. The van der Waals surface area contributed by atoms with Crippen LogP contribution in [0.5, 0.6) is 0 Å². The highest BCUT2D eigenvalue weighted by Gasteiger charge is 2.43. The lowest BCUT2D eigenvalue weighted by atomic mass is 9.85.